The summed E-state index contributed by atoms with van der Waals surface area (Å²) in [5, 5.41) is 10.8. The van der Waals surface area contributed by atoms with E-state index in [2.05, 4.69) is 22.9 Å². The molecule has 2 aromatic rings. The summed E-state index contributed by atoms with van der Waals surface area (Å²) in [6, 6.07) is 11.3. The molecule has 2 rings (SSSR count). The molecule has 5 nitrogen and oxygen atoms in total. The first-order valence-electron chi connectivity index (χ1n) is 8.53. The molecule has 6 heteroatoms. The number of nitrogens with one attached hydrogen (secondary N) is 3. The molecule has 25 heavy (non-hydrogen) atoms. The molecular weight excluding hydrogens is 334 g/mol. The predicted molar refractivity (Wildman–Crippen MR) is 103 cm³/mol. The number of benzene rings is 1. The quantitative estimate of drug-likeness (QED) is 0.676. The second-order valence-electron chi connectivity index (χ2n) is 5.84. The fourth-order valence-electron chi connectivity index (χ4n) is 2.45. The Kier molecular flexibility index (Phi) is 7.01. The van der Waals surface area contributed by atoms with Crippen molar-refractivity contribution in [3.05, 3.63) is 52.2 Å². The summed E-state index contributed by atoms with van der Waals surface area (Å²) in [4.78, 5) is 24.8. The van der Waals surface area contributed by atoms with E-state index in [0.29, 0.717) is 6.42 Å². The Morgan fingerprint density at radius 1 is 1.08 bits per heavy atom. The molecule has 2 unspecified atom stereocenters. The van der Waals surface area contributed by atoms with E-state index in [1.54, 1.807) is 11.3 Å². The van der Waals surface area contributed by atoms with Crippen molar-refractivity contribution in [3.63, 3.8) is 0 Å². The number of hydrogen-bond donors (Lipinski definition) is 3. The van der Waals surface area contributed by atoms with Crippen molar-refractivity contribution in [2.45, 2.75) is 45.7 Å². The molecule has 0 saturated carbocycles. The van der Waals surface area contributed by atoms with E-state index in [9.17, 15) is 9.59 Å². The highest BCUT2D eigenvalue weighted by molar-refractivity contribution is 7.10. The van der Waals surface area contributed by atoms with Crippen molar-refractivity contribution in [1.29, 1.82) is 0 Å². The lowest BCUT2D eigenvalue weighted by Gasteiger charge is -2.19. The summed E-state index contributed by atoms with van der Waals surface area (Å²) in [5.74, 6) is -0.0162. The number of carbonyl (C=O) groups excluding carboxylic acids is 2. The van der Waals surface area contributed by atoms with Gasteiger partial charge >= 0.3 is 6.03 Å². The van der Waals surface area contributed by atoms with Crippen LogP contribution in [0.25, 0.3) is 0 Å². The van der Waals surface area contributed by atoms with Gasteiger partial charge in [0.05, 0.1) is 12.1 Å². The van der Waals surface area contributed by atoms with E-state index in [1.165, 1.54) is 0 Å². The maximum atomic E-state index is 12.3. The molecule has 0 aliphatic rings. The Morgan fingerprint density at radius 3 is 2.36 bits per heavy atom. The van der Waals surface area contributed by atoms with Gasteiger partial charge in [0.1, 0.15) is 0 Å². The summed E-state index contributed by atoms with van der Waals surface area (Å²) in [7, 11) is 0. The first-order valence-corrected chi connectivity index (χ1v) is 9.41. The largest absolute Gasteiger partial charge is 0.332 e. The van der Waals surface area contributed by atoms with Crippen LogP contribution in [0.15, 0.2) is 41.8 Å². The molecular formula is C19H25N3O2S. The molecule has 134 valence electrons. The highest BCUT2D eigenvalue weighted by Gasteiger charge is 2.15. The lowest BCUT2D eigenvalue weighted by Crippen LogP contribution is -2.38. The van der Waals surface area contributed by atoms with Crippen LogP contribution in [0, 0.1) is 0 Å². The van der Waals surface area contributed by atoms with Crippen molar-refractivity contribution in [1.82, 2.24) is 10.6 Å². The lowest BCUT2D eigenvalue weighted by atomic mass is 10.1. The number of urea groups is 1. The minimum Gasteiger partial charge on any atom is -0.332 e. The van der Waals surface area contributed by atoms with E-state index in [4.69, 9.17) is 0 Å². The maximum Gasteiger partial charge on any atom is 0.315 e. The fourth-order valence-corrected chi connectivity index (χ4v) is 3.31. The Hall–Kier alpha value is -2.34. The summed E-state index contributed by atoms with van der Waals surface area (Å²) in [6.07, 6.45) is 1.29. The SMILES string of the molecule is CCC(=O)Nc1ccc(C(C)NC(=O)NC(CC)c2cccs2)cc1. The molecule has 0 spiro atoms. The van der Waals surface area contributed by atoms with Gasteiger partial charge in [-0.3, -0.25) is 4.79 Å². The third kappa shape index (κ3) is 5.60. The number of amides is 3. The van der Waals surface area contributed by atoms with Crippen molar-refractivity contribution < 1.29 is 9.59 Å². The minimum atomic E-state index is -0.184. The molecule has 0 aliphatic carbocycles. The van der Waals surface area contributed by atoms with E-state index in [1.807, 2.05) is 55.6 Å². The van der Waals surface area contributed by atoms with Gasteiger partial charge in [-0.15, -0.1) is 11.3 Å². The number of rotatable bonds is 7. The van der Waals surface area contributed by atoms with Crippen LogP contribution in [-0.4, -0.2) is 11.9 Å². The highest BCUT2D eigenvalue weighted by Crippen LogP contribution is 2.22. The molecule has 1 aromatic heterocycles. The monoisotopic (exact) mass is 359 g/mol. The number of thiophene rings is 1. The van der Waals surface area contributed by atoms with E-state index >= 15 is 0 Å². The first kappa shape index (κ1) is 19.0. The molecule has 1 heterocycles. The Bertz CT molecular complexity index is 683. The van der Waals surface area contributed by atoms with E-state index in [-0.39, 0.29) is 24.0 Å². The number of anilines is 1. The normalized spacial score (nSPS) is 12.9. The van der Waals surface area contributed by atoms with Crippen LogP contribution in [0.4, 0.5) is 10.5 Å². The second kappa shape index (κ2) is 9.22. The van der Waals surface area contributed by atoms with Gasteiger partial charge in [-0.25, -0.2) is 4.79 Å². The van der Waals surface area contributed by atoms with Crippen LogP contribution < -0.4 is 16.0 Å². The molecule has 3 N–H and O–H groups in total. The number of carbonyl (C=O) groups is 2. The van der Waals surface area contributed by atoms with Crippen molar-refractivity contribution in [2.75, 3.05) is 5.32 Å². The lowest BCUT2D eigenvalue weighted by molar-refractivity contribution is -0.115. The van der Waals surface area contributed by atoms with Crippen molar-refractivity contribution in [2.24, 2.45) is 0 Å². The smallest absolute Gasteiger partial charge is 0.315 e. The highest BCUT2D eigenvalue weighted by atomic mass is 32.1. The van der Waals surface area contributed by atoms with Crippen LogP contribution in [-0.2, 0) is 4.79 Å². The Labute approximate surface area is 152 Å². The average molecular weight is 359 g/mol. The van der Waals surface area contributed by atoms with Crippen LogP contribution in [0.3, 0.4) is 0 Å². The van der Waals surface area contributed by atoms with Gasteiger partial charge in [0.2, 0.25) is 5.91 Å². The predicted octanol–water partition coefficient (Wildman–Crippen LogP) is 4.61. The zero-order chi connectivity index (χ0) is 18.2. The summed E-state index contributed by atoms with van der Waals surface area (Å²) in [5.41, 5.74) is 1.74. The van der Waals surface area contributed by atoms with Gasteiger partial charge in [-0.1, -0.05) is 32.0 Å². The van der Waals surface area contributed by atoms with Gasteiger partial charge < -0.3 is 16.0 Å². The van der Waals surface area contributed by atoms with Crippen LogP contribution in [0.2, 0.25) is 0 Å². The Balaban J connectivity index is 1.91. The van der Waals surface area contributed by atoms with Gasteiger partial charge in [0.25, 0.3) is 0 Å². The zero-order valence-electron chi connectivity index (χ0n) is 14.8. The third-order valence-electron chi connectivity index (χ3n) is 3.96. The zero-order valence-corrected chi connectivity index (χ0v) is 15.7. The average Bonchev–Trinajstić information content (AvgIpc) is 3.14. The van der Waals surface area contributed by atoms with Crippen molar-refractivity contribution >= 4 is 29.0 Å². The number of hydrogen-bond acceptors (Lipinski definition) is 3. The summed E-state index contributed by atoms with van der Waals surface area (Å²) < 4.78 is 0. The van der Waals surface area contributed by atoms with Gasteiger partial charge in [0, 0.05) is 17.0 Å². The van der Waals surface area contributed by atoms with Gasteiger partial charge in [-0.2, -0.15) is 0 Å². The van der Waals surface area contributed by atoms with Crippen LogP contribution in [0.1, 0.15) is 56.1 Å². The van der Waals surface area contributed by atoms with Crippen LogP contribution in [0.5, 0.6) is 0 Å². The first-order chi connectivity index (χ1) is 12.0. The minimum absolute atomic E-state index is 0.0162. The topological polar surface area (TPSA) is 70.2 Å². The fraction of sp³-hybridized carbons (Fsp3) is 0.368. The van der Waals surface area contributed by atoms with E-state index < -0.39 is 0 Å². The van der Waals surface area contributed by atoms with Crippen molar-refractivity contribution in [3.8, 4) is 0 Å². The molecule has 0 aliphatic heterocycles. The molecule has 0 saturated heterocycles. The maximum absolute atomic E-state index is 12.3. The summed E-state index contributed by atoms with van der Waals surface area (Å²) in [6.45, 7) is 5.80. The van der Waals surface area contributed by atoms with Gasteiger partial charge in [0.15, 0.2) is 0 Å². The second-order valence-corrected chi connectivity index (χ2v) is 6.82. The molecule has 1 aromatic carbocycles. The summed E-state index contributed by atoms with van der Waals surface area (Å²) >= 11 is 1.64. The third-order valence-corrected chi connectivity index (χ3v) is 4.95. The van der Waals surface area contributed by atoms with E-state index in [0.717, 1.165) is 22.5 Å². The standard InChI is InChI=1S/C19H25N3O2S/c1-4-16(17-7-6-12-25-17)22-19(24)20-13(3)14-8-10-15(11-9-14)21-18(23)5-2/h6-13,16H,4-5H2,1-3H3,(H,21,23)(H2,20,22,24). The molecule has 0 bridgehead atoms. The van der Waals surface area contributed by atoms with Crippen LogP contribution >= 0.6 is 11.3 Å². The van der Waals surface area contributed by atoms with Gasteiger partial charge in [-0.05, 0) is 42.5 Å². The molecule has 0 fully saturated rings. The Morgan fingerprint density at radius 2 is 1.80 bits per heavy atom. The molecule has 3 amide bonds. The molecule has 2 atom stereocenters. The molecule has 0 radical (unpaired) electrons.